The van der Waals surface area contributed by atoms with Gasteiger partial charge in [0, 0.05) is 38.3 Å². The average Bonchev–Trinajstić information content (AvgIpc) is 3.85. The van der Waals surface area contributed by atoms with Crippen molar-refractivity contribution in [3.63, 3.8) is 0 Å². The lowest BCUT2D eigenvalue weighted by atomic mass is 9.81. The lowest BCUT2D eigenvalue weighted by molar-refractivity contribution is 0.661. The van der Waals surface area contributed by atoms with Crippen LogP contribution in [-0.2, 0) is 5.41 Å². The zero-order valence-electron chi connectivity index (χ0n) is 35.4. The van der Waals surface area contributed by atoms with Gasteiger partial charge < -0.3 is 4.42 Å². The van der Waals surface area contributed by atoms with E-state index >= 15 is 0 Å². The third-order valence-electron chi connectivity index (χ3n) is 13.7. The maximum atomic E-state index is 6.49. The van der Waals surface area contributed by atoms with Crippen molar-refractivity contribution in [3.05, 3.63) is 217 Å². The second kappa shape index (κ2) is 13.9. The van der Waals surface area contributed by atoms with Crippen LogP contribution in [0.4, 0.5) is 0 Å². The van der Waals surface area contributed by atoms with Crippen LogP contribution in [0.2, 0.25) is 0 Å². The van der Waals surface area contributed by atoms with Crippen molar-refractivity contribution in [2.45, 2.75) is 19.3 Å². The zero-order chi connectivity index (χ0) is 42.5. The molecule has 3 heteroatoms. The van der Waals surface area contributed by atoms with Crippen LogP contribution in [0.1, 0.15) is 25.0 Å². The molecule has 0 atom stereocenters. The zero-order valence-corrected chi connectivity index (χ0v) is 35.4. The van der Waals surface area contributed by atoms with Crippen molar-refractivity contribution >= 4 is 54.3 Å². The number of furan rings is 1. The Labute approximate surface area is 371 Å². The summed E-state index contributed by atoms with van der Waals surface area (Å²) in [7, 11) is 0. The summed E-state index contributed by atoms with van der Waals surface area (Å²) in [5.41, 5.74) is 16.6. The van der Waals surface area contributed by atoms with E-state index in [2.05, 4.69) is 214 Å². The van der Waals surface area contributed by atoms with E-state index in [1.54, 1.807) is 0 Å². The van der Waals surface area contributed by atoms with Crippen LogP contribution in [0, 0.1) is 0 Å². The summed E-state index contributed by atoms with van der Waals surface area (Å²) in [5, 5.41) is 9.47. The van der Waals surface area contributed by atoms with Crippen LogP contribution >= 0.6 is 0 Å². The van der Waals surface area contributed by atoms with Gasteiger partial charge in [-0.25, -0.2) is 9.97 Å². The lowest BCUT2D eigenvalue weighted by Gasteiger charge is -2.22. The first-order chi connectivity index (χ1) is 31.4. The standard InChI is InChI=1S/C61H40N2O/c1-61(2)52-20-10-19-49(57(52)51-34-41-15-6-7-16-42(41)35-53(51)61)55-36-54(62-60(63-55)40-13-4-3-5-14-40)46-29-28-44-32-43(26-27-45(44)33-46)37-22-24-39(25-23-37)47-18-11-21-56-58(47)50-31-30-38-12-8-9-17-48(38)59(50)64-56/h3-36H,1-2H3. The molecule has 0 aliphatic heterocycles. The van der Waals surface area contributed by atoms with Crippen LogP contribution in [0.5, 0.6) is 0 Å². The van der Waals surface area contributed by atoms with Gasteiger partial charge >= 0.3 is 0 Å². The fourth-order valence-electron chi connectivity index (χ4n) is 10.4. The number of aromatic nitrogens is 2. The molecule has 0 N–H and O–H groups in total. The predicted molar refractivity (Wildman–Crippen MR) is 267 cm³/mol. The molecule has 0 radical (unpaired) electrons. The summed E-state index contributed by atoms with van der Waals surface area (Å²) < 4.78 is 6.49. The normalized spacial score (nSPS) is 13.0. The van der Waals surface area contributed by atoms with Gasteiger partial charge in [0.25, 0.3) is 0 Å². The lowest BCUT2D eigenvalue weighted by Crippen LogP contribution is -2.14. The molecule has 1 aliphatic carbocycles. The Balaban J connectivity index is 0.875. The molecule has 1 aliphatic rings. The molecule has 0 bridgehead atoms. The number of nitrogens with zero attached hydrogens (tertiary/aromatic N) is 2. The molecule has 2 aromatic heterocycles. The Morgan fingerprint density at radius 3 is 1.83 bits per heavy atom. The molecule has 2 heterocycles. The van der Waals surface area contributed by atoms with Crippen LogP contribution in [-0.4, -0.2) is 9.97 Å². The number of rotatable bonds is 5. The maximum absolute atomic E-state index is 6.49. The molecule has 64 heavy (non-hydrogen) atoms. The summed E-state index contributed by atoms with van der Waals surface area (Å²) in [6.07, 6.45) is 0. The Bertz CT molecular complexity index is 3860. The van der Waals surface area contributed by atoms with Crippen molar-refractivity contribution in [1.29, 1.82) is 0 Å². The molecule has 13 rings (SSSR count). The van der Waals surface area contributed by atoms with E-state index in [0.29, 0.717) is 5.82 Å². The Kier molecular flexibility index (Phi) is 7.95. The third-order valence-corrected chi connectivity index (χ3v) is 13.7. The minimum absolute atomic E-state index is 0.150. The van der Waals surface area contributed by atoms with Gasteiger partial charge in [0.2, 0.25) is 0 Å². The highest BCUT2D eigenvalue weighted by Crippen LogP contribution is 2.53. The molecule has 3 nitrogen and oxygen atoms in total. The topological polar surface area (TPSA) is 38.9 Å². The second-order valence-electron chi connectivity index (χ2n) is 17.7. The minimum atomic E-state index is -0.150. The SMILES string of the molecule is CC1(C)c2cc3ccccc3cc2-c2c(-c3cc(-c4ccc5cc(-c6ccc(-c7cccc8oc9c%10ccccc%10ccc9c78)cc6)ccc5c4)nc(-c4ccccc4)n3)cccc21. The molecule has 300 valence electrons. The van der Waals surface area contributed by atoms with Gasteiger partial charge in [-0.2, -0.15) is 0 Å². The molecule has 0 fully saturated rings. The van der Waals surface area contributed by atoms with E-state index < -0.39 is 0 Å². The molecule has 0 spiro atoms. The van der Waals surface area contributed by atoms with Crippen molar-refractivity contribution in [3.8, 4) is 67.3 Å². The molecular formula is C61H40N2O. The summed E-state index contributed by atoms with van der Waals surface area (Å²) >= 11 is 0. The summed E-state index contributed by atoms with van der Waals surface area (Å²) in [6.45, 7) is 4.69. The van der Waals surface area contributed by atoms with Gasteiger partial charge in [-0.15, -0.1) is 0 Å². The Morgan fingerprint density at radius 1 is 0.375 bits per heavy atom. The first-order valence-electron chi connectivity index (χ1n) is 22.0. The molecule has 0 saturated heterocycles. The molecule has 12 aromatic rings. The van der Waals surface area contributed by atoms with Crippen LogP contribution in [0.15, 0.2) is 211 Å². The maximum Gasteiger partial charge on any atom is 0.160 e. The Morgan fingerprint density at radius 2 is 1.00 bits per heavy atom. The molecule has 10 aromatic carbocycles. The van der Waals surface area contributed by atoms with Crippen molar-refractivity contribution in [1.82, 2.24) is 9.97 Å². The monoisotopic (exact) mass is 816 g/mol. The third kappa shape index (κ3) is 5.67. The van der Waals surface area contributed by atoms with Gasteiger partial charge in [0.05, 0.1) is 11.4 Å². The predicted octanol–water partition coefficient (Wildman–Crippen LogP) is 16.5. The highest BCUT2D eigenvalue weighted by molar-refractivity contribution is 6.19. The first-order valence-corrected chi connectivity index (χ1v) is 22.0. The highest BCUT2D eigenvalue weighted by Gasteiger charge is 2.37. The smallest absolute Gasteiger partial charge is 0.160 e. The number of hydrogen-bond acceptors (Lipinski definition) is 3. The van der Waals surface area contributed by atoms with E-state index in [1.165, 1.54) is 60.5 Å². The Hall–Kier alpha value is -8.14. The first kappa shape index (κ1) is 36.5. The number of fused-ring (bicyclic) bond motifs is 10. The van der Waals surface area contributed by atoms with Gasteiger partial charge in [0.1, 0.15) is 11.2 Å². The summed E-state index contributed by atoms with van der Waals surface area (Å²) in [5.74, 6) is 0.714. The van der Waals surface area contributed by atoms with Gasteiger partial charge in [-0.3, -0.25) is 0 Å². The summed E-state index contributed by atoms with van der Waals surface area (Å²) in [6, 6.07) is 74.2. The quantitative estimate of drug-likeness (QED) is 0.174. The highest BCUT2D eigenvalue weighted by atomic mass is 16.3. The average molecular weight is 817 g/mol. The second-order valence-corrected chi connectivity index (χ2v) is 17.7. The molecule has 0 saturated carbocycles. The fourth-order valence-corrected chi connectivity index (χ4v) is 10.4. The summed E-state index contributed by atoms with van der Waals surface area (Å²) in [4.78, 5) is 10.6. The largest absolute Gasteiger partial charge is 0.455 e. The van der Waals surface area contributed by atoms with Gasteiger partial charge in [-0.05, 0) is 114 Å². The van der Waals surface area contributed by atoms with Crippen LogP contribution in [0.3, 0.4) is 0 Å². The van der Waals surface area contributed by atoms with E-state index in [0.717, 1.165) is 66.4 Å². The van der Waals surface area contributed by atoms with E-state index in [9.17, 15) is 0 Å². The molecule has 0 unspecified atom stereocenters. The number of benzene rings is 10. The fraction of sp³-hybridized carbons (Fsp3) is 0.0492. The molecule has 0 amide bonds. The van der Waals surface area contributed by atoms with E-state index in [-0.39, 0.29) is 5.41 Å². The van der Waals surface area contributed by atoms with Gasteiger partial charge in [-0.1, -0.05) is 178 Å². The number of hydrogen-bond donors (Lipinski definition) is 0. The van der Waals surface area contributed by atoms with E-state index in [4.69, 9.17) is 14.4 Å². The molecular weight excluding hydrogens is 777 g/mol. The minimum Gasteiger partial charge on any atom is -0.455 e. The van der Waals surface area contributed by atoms with Crippen molar-refractivity contribution in [2.75, 3.05) is 0 Å². The van der Waals surface area contributed by atoms with Crippen molar-refractivity contribution < 1.29 is 4.42 Å². The van der Waals surface area contributed by atoms with Crippen molar-refractivity contribution in [2.24, 2.45) is 0 Å². The van der Waals surface area contributed by atoms with Gasteiger partial charge in [0.15, 0.2) is 5.82 Å². The van der Waals surface area contributed by atoms with E-state index in [1.807, 2.05) is 6.07 Å². The van der Waals surface area contributed by atoms with Crippen LogP contribution < -0.4 is 0 Å². The van der Waals surface area contributed by atoms with Crippen LogP contribution in [0.25, 0.3) is 122 Å².